The molecule has 120 valence electrons. The van der Waals surface area contributed by atoms with Gasteiger partial charge in [0.15, 0.2) is 0 Å². The van der Waals surface area contributed by atoms with E-state index in [0.717, 1.165) is 25.0 Å². The van der Waals surface area contributed by atoms with Crippen molar-refractivity contribution in [3.63, 3.8) is 0 Å². The van der Waals surface area contributed by atoms with Gasteiger partial charge in [0.05, 0.1) is 0 Å². The summed E-state index contributed by atoms with van der Waals surface area (Å²) in [4.78, 5) is 27.1. The maximum absolute atomic E-state index is 12.8. The lowest BCUT2D eigenvalue weighted by molar-refractivity contribution is -0.153. The molecule has 0 aromatic rings. The monoisotopic (exact) mass is 312 g/mol. The first-order valence-electron chi connectivity index (χ1n) is 8.23. The van der Waals surface area contributed by atoms with Crippen LogP contribution in [0.25, 0.3) is 0 Å². The maximum atomic E-state index is 12.8. The lowest BCUT2D eigenvalue weighted by Crippen LogP contribution is -2.66. The molecule has 2 aliphatic rings. The lowest BCUT2D eigenvalue weighted by Gasteiger charge is -2.43. The number of hydrogen-bond donors (Lipinski definition) is 1. The molecule has 1 aliphatic heterocycles. The van der Waals surface area contributed by atoms with E-state index in [9.17, 15) is 9.59 Å². The van der Waals surface area contributed by atoms with Crippen LogP contribution in [-0.4, -0.2) is 45.8 Å². The zero-order chi connectivity index (χ0) is 15.6. The lowest BCUT2D eigenvalue weighted by atomic mass is 9.95. The van der Waals surface area contributed by atoms with Gasteiger partial charge in [-0.1, -0.05) is 27.7 Å². The fourth-order valence-corrected chi connectivity index (χ4v) is 4.71. The van der Waals surface area contributed by atoms with Gasteiger partial charge in [0.2, 0.25) is 11.8 Å². The quantitative estimate of drug-likeness (QED) is 0.848. The fraction of sp³-hybridized carbons (Fsp3) is 0.875. The van der Waals surface area contributed by atoms with E-state index in [1.165, 1.54) is 0 Å². The smallest absolute Gasteiger partial charge is 0.246 e. The largest absolute Gasteiger partial charge is 0.342 e. The molecule has 2 amide bonds. The van der Waals surface area contributed by atoms with E-state index in [-0.39, 0.29) is 35.9 Å². The average molecular weight is 312 g/mol. The van der Waals surface area contributed by atoms with Crippen LogP contribution < -0.4 is 5.32 Å². The van der Waals surface area contributed by atoms with Gasteiger partial charge in [0.25, 0.3) is 0 Å². The van der Waals surface area contributed by atoms with Gasteiger partial charge in [-0.15, -0.1) is 0 Å². The molecular weight excluding hydrogens is 284 g/mol. The van der Waals surface area contributed by atoms with Crippen molar-refractivity contribution < 1.29 is 9.59 Å². The number of nitrogens with zero attached hydrogens (tertiary/aromatic N) is 1. The second-order valence-electron chi connectivity index (χ2n) is 6.44. The van der Waals surface area contributed by atoms with E-state index in [1.807, 2.05) is 37.4 Å². The van der Waals surface area contributed by atoms with Crippen molar-refractivity contribution in [1.29, 1.82) is 0 Å². The van der Waals surface area contributed by atoms with E-state index < -0.39 is 0 Å². The Morgan fingerprint density at radius 2 is 2.00 bits per heavy atom. The summed E-state index contributed by atoms with van der Waals surface area (Å²) < 4.78 is 0. The number of thioether (sulfide) groups is 1. The standard InChI is InChI=1S/C16H28N2O2S/c1-5-13-15(19)17-14(10(3)4)16(20)18(13)11-7-8-12(9-11)21-6-2/h10-14H,5-9H2,1-4H3,(H,17,19). The van der Waals surface area contributed by atoms with Gasteiger partial charge in [-0.25, -0.2) is 0 Å². The van der Waals surface area contributed by atoms with Gasteiger partial charge in [0.1, 0.15) is 12.1 Å². The molecule has 1 saturated carbocycles. The molecule has 1 heterocycles. The molecule has 2 rings (SSSR count). The summed E-state index contributed by atoms with van der Waals surface area (Å²) >= 11 is 1.99. The van der Waals surface area contributed by atoms with Crippen LogP contribution in [0.5, 0.6) is 0 Å². The molecule has 2 fully saturated rings. The third kappa shape index (κ3) is 3.38. The zero-order valence-corrected chi connectivity index (χ0v) is 14.4. The highest BCUT2D eigenvalue weighted by Gasteiger charge is 2.45. The number of amides is 2. The minimum Gasteiger partial charge on any atom is -0.342 e. The molecule has 0 spiro atoms. The molecule has 4 atom stereocenters. The molecule has 4 nitrogen and oxygen atoms in total. The summed E-state index contributed by atoms with van der Waals surface area (Å²) in [6.45, 7) is 8.17. The third-order valence-corrected chi connectivity index (χ3v) is 5.90. The van der Waals surface area contributed by atoms with Crippen LogP contribution in [0.3, 0.4) is 0 Å². The van der Waals surface area contributed by atoms with Gasteiger partial charge in [-0.2, -0.15) is 11.8 Å². The molecule has 21 heavy (non-hydrogen) atoms. The molecule has 5 heteroatoms. The van der Waals surface area contributed by atoms with Crippen molar-refractivity contribution in [2.45, 2.75) is 76.8 Å². The first kappa shape index (κ1) is 16.7. The Labute approximate surface area is 132 Å². The number of rotatable bonds is 5. The van der Waals surface area contributed by atoms with Crippen molar-refractivity contribution in [1.82, 2.24) is 10.2 Å². The zero-order valence-electron chi connectivity index (χ0n) is 13.6. The number of carbonyl (C=O) groups excluding carboxylic acids is 2. The number of nitrogens with one attached hydrogen (secondary N) is 1. The Bertz CT molecular complexity index is 400. The van der Waals surface area contributed by atoms with Crippen LogP contribution in [-0.2, 0) is 9.59 Å². The molecule has 4 unspecified atom stereocenters. The Morgan fingerprint density at radius 3 is 2.57 bits per heavy atom. The molecule has 0 bridgehead atoms. The number of carbonyl (C=O) groups is 2. The summed E-state index contributed by atoms with van der Waals surface area (Å²) in [5.41, 5.74) is 0. The van der Waals surface area contributed by atoms with Crippen molar-refractivity contribution >= 4 is 23.6 Å². The molecule has 0 aromatic carbocycles. The van der Waals surface area contributed by atoms with E-state index in [2.05, 4.69) is 12.2 Å². The maximum Gasteiger partial charge on any atom is 0.246 e. The van der Waals surface area contributed by atoms with Gasteiger partial charge < -0.3 is 10.2 Å². The van der Waals surface area contributed by atoms with Crippen molar-refractivity contribution in [2.75, 3.05) is 5.75 Å². The van der Waals surface area contributed by atoms with E-state index in [1.54, 1.807) is 0 Å². The normalized spacial score (nSPS) is 33.7. The van der Waals surface area contributed by atoms with Gasteiger partial charge in [-0.3, -0.25) is 9.59 Å². The SMILES string of the molecule is CCSC1CCC(N2C(=O)C(C(C)C)NC(=O)C2CC)C1. The predicted octanol–water partition coefficient (Wildman–Crippen LogP) is 2.42. The fourth-order valence-electron chi connectivity index (χ4n) is 3.58. The van der Waals surface area contributed by atoms with Crippen LogP contribution in [0.1, 0.15) is 53.4 Å². The van der Waals surface area contributed by atoms with Gasteiger partial charge in [0, 0.05) is 11.3 Å². The van der Waals surface area contributed by atoms with Crippen LogP contribution >= 0.6 is 11.8 Å². The molecule has 1 saturated heterocycles. The van der Waals surface area contributed by atoms with Crippen LogP contribution in [0.2, 0.25) is 0 Å². The molecule has 0 aromatic heterocycles. The van der Waals surface area contributed by atoms with Crippen molar-refractivity contribution in [2.24, 2.45) is 5.92 Å². The minimum absolute atomic E-state index is 0.0300. The predicted molar refractivity (Wildman–Crippen MR) is 87.3 cm³/mol. The highest BCUT2D eigenvalue weighted by atomic mass is 32.2. The highest BCUT2D eigenvalue weighted by Crippen LogP contribution is 2.35. The summed E-state index contributed by atoms with van der Waals surface area (Å²) in [6, 6.07) is -0.375. The second-order valence-corrected chi connectivity index (χ2v) is 8.02. The summed E-state index contributed by atoms with van der Waals surface area (Å²) in [5, 5.41) is 3.57. The number of hydrogen-bond acceptors (Lipinski definition) is 3. The first-order chi connectivity index (χ1) is 9.99. The Morgan fingerprint density at radius 1 is 1.29 bits per heavy atom. The molecule has 0 radical (unpaired) electrons. The minimum atomic E-state index is -0.349. The molecule has 1 aliphatic carbocycles. The summed E-state index contributed by atoms with van der Waals surface area (Å²) in [5.74, 6) is 1.42. The first-order valence-corrected chi connectivity index (χ1v) is 9.28. The Kier molecular flexibility index (Phi) is 5.58. The van der Waals surface area contributed by atoms with Crippen LogP contribution in [0.4, 0.5) is 0 Å². The highest BCUT2D eigenvalue weighted by molar-refractivity contribution is 7.99. The van der Waals surface area contributed by atoms with E-state index in [4.69, 9.17) is 0 Å². The van der Waals surface area contributed by atoms with E-state index in [0.29, 0.717) is 11.7 Å². The van der Waals surface area contributed by atoms with E-state index >= 15 is 0 Å². The Balaban J connectivity index is 2.16. The topological polar surface area (TPSA) is 49.4 Å². The van der Waals surface area contributed by atoms with Crippen molar-refractivity contribution in [3.05, 3.63) is 0 Å². The third-order valence-electron chi connectivity index (χ3n) is 4.66. The summed E-state index contributed by atoms with van der Waals surface area (Å²) in [6.07, 6.45) is 3.94. The van der Waals surface area contributed by atoms with Crippen LogP contribution in [0, 0.1) is 5.92 Å². The molecular formula is C16H28N2O2S. The second kappa shape index (κ2) is 7.03. The average Bonchev–Trinajstić information content (AvgIpc) is 2.88. The van der Waals surface area contributed by atoms with Crippen molar-refractivity contribution in [3.8, 4) is 0 Å². The number of piperazine rings is 1. The van der Waals surface area contributed by atoms with Gasteiger partial charge >= 0.3 is 0 Å². The Hall–Kier alpha value is -0.710. The molecule has 1 N–H and O–H groups in total. The van der Waals surface area contributed by atoms with Crippen LogP contribution in [0.15, 0.2) is 0 Å². The van der Waals surface area contributed by atoms with Gasteiger partial charge in [-0.05, 0) is 37.4 Å². The summed E-state index contributed by atoms with van der Waals surface area (Å²) in [7, 11) is 0.